The monoisotopic (exact) mass is 484 g/mol. The van der Waals surface area contributed by atoms with E-state index in [9.17, 15) is 0 Å². The first-order valence-electron chi connectivity index (χ1n) is 13.0. The molecule has 0 bridgehead atoms. The molecule has 0 spiro atoms. The van der Waals surface area contributed by atoms with Gasteiger partial charge >= 0.3 is 0 Å². The number of hydrogen-bond donors (Lipinski definition) is 0. The molecule has 8 rings (SSSR count). The van der Waals surface area contributed by atoms with Gasteiger partial charge in [-0.1, -0.05) is 103 Å². The molecule has 38 heavy (non-hydrogen) atoms. The molecule has 8 aromatic rings. The predicted molar refractivity (Wildman–Crippen MR) is 161 cm³/mol. The highest BCUT2D eigenvalue weighted by molar-refractivity contribution is 6.11. The van der Waals surface area contributed by atoms with Gasteiger partial charge in [-0.25, -0.2) is 0 Å². The lowest BCUT2D eigenvalue weighted by Gasteiger charge is -2.17. The topological polar surface area (TPSA) is 9.86 Å². The lowest BCUT2D eigenvalue weighted by molar-refractivity contribution is 1.15. The highest BCUT2D eigenvalue weighted by Crippen LogP contribution is 2.38. The van der Waals surface area contributed by atoms with Gasteiger partial charge in [0, 0.05) is 32.8 Å². The maximum atomic E-state index is 2.42. The van der Waals surface area contributed by atoms with Gasteiger partial charge < -0.3 is 9.13 Å². The summed E-state index contributed by atoms with van der Waals surface area (Å²) in [6.07, 6.45) is 0. The lowest BCUT2D eigenvalue weighted by Crippen LogP contribution is -2.00. The first kappa shape index (κ1) is 21.0. The highest BCUT2D eigenvalue weighted by atomic mass is 15.0. The summed E-state index contributed by atoms with van der Waals surface area (Å²) >= 11 is 0. The van der Waals surface area contributed by atoms with E-state index in [0.29, 0.717) is 0 Å². The van der Waals surface area contributed by atoms with Crippen LogP contribution in [0.3, 0.4) is 0 Å². The normalized spacial score (nSPS) is 11.7. The summed E-state index contributed by atoms with van der Waals surface area (Å²) in [5.41, 5.74) is 9.62. The SMILES string of the molecule is c1ccc(-c2cc(-n3c4ccccc4c4ccccc43)ccc2-n2c3ccccc3c3ccccc32)cc1. The molecule has 0 aliphatic rings. The van der Waals surface area contributed by atoms with Crippen LogP contribution >= 0.6 is 0 Å². The van der Waals surface area contributed by atoms with E-state index in [0.717, 1.165) is 5.69 Å². The van der Waals surface area contributed by atoms with Crippen molar-refractivity contribution in [2.45, 2.75) is 0 Å². The van der Waals surface area contributed by atoms with E-state index >= 15 is 0 Å². The van der Waals surface area contributed by atoms with Crippen molar-refractivity contribution in [2.75, 3.05) is 0 Å². The third-order valence-electron chi connectivity index (χ3n) is 7.72. The Labute approximate surface area is 220 Å². The third-order valence-corrected chi connectivity index (χ3v) is 7.72. The fourth-order valence-corrected chi connectivity index (χ4v) is 6.09. The molecule has 178 valence electrons. The summed E-state index contributed by atoms with van der Waals surface area (Å²) in [6.45, 7) is 0. The molecule has 0 atom stereocenters. The minimum Gasteiger partial charge on any atom is -0.309 e. The molecular formula is C36H24N2. The van der Waals surface area contributed by atoms with E-state index in [4.69, 9.17) is 0 Å². The van der Waals surface area contributed by atoms with Gasteiger partial charge in [0.25, 0.3) is 0 Å². The predicted octanol–water partition coefficient (Wildman–Crippen LogP) is 9.55. The van der Waals surface area contributed by atoms with Crippen LogP contribution in [0.4, 0.5) is 0 Å². The zero-order chi connectivity index (χ0) is 25.1. The maximum Gasteiger partial charge on any atom is 0.0542 e. The molecule has 0 saturated carbocycles. The van der Waals surface area contributed by atoms with Gasteiger partial charge in [-0.2, -0.15) is 0 Å². The van der Waals surface area contributed by atoms with Crippen molar-refractivity contribution in [1.29, 1.82) is 0 Å². The van der Waals surface area contributed by atoms with E-state index in [1.165, 1.54) is 60.4 Å². The fraction of sp³-hybridized carbons (Fsp3) is 0. The second-order valence-electron chi connectivity index (χ2n) is 9.81. The molecular weight excluding hydrogens is 460 g/mol. The van der Waals surface area contributed by atoms with E-state index < -0.39 is 0 Å². The average Bonchev–Trinajstić information content (AvgIpc) is 3.51. The Morgan fingerprint density at radius 2 is 0.763 bits per heavy atom. The van der Waals surface area contributed by atoms with Crippen molar-refractivity contribution in [3.63, 3.8) is 0 Å². The minimum absolute atomic E-state index is 1.16. The van der Waals surface area contributed by atoms with Gasteiger partial charge in [-0.15, -0.1) is 0 Å². The molecule has 6 aromatic carbocycles. The minimum atomic E-state index is 1.16. The van der Waals surface area contributed by atoms with Crippen molar-refractivity contribution >= 4 is 43.6 Å². The van der Waals surface area contributed by atoms with Gasteiger partial charge in [-0.05, 0) is 48.0 Å². The average molecular weight is 485 g/mol. The molecule has 2 nitrogen and oxygen atoms in total. The van der Waals surface area contributed by atoms with E-state index in [2.05, 4.69) is 155 Å². The molecule has 0 saturated heterocycles. The number of para-hydroxylation sites is 4. The lowest BCUT2D eigenvalue weighted by atomic mass is 10.0. The smallest absolute Gasteiger partial charge is 0.0542 e. The van der Waals surface area contributed by atoms with Crippen LogP contribution in [0.15, 0.2) is 146 Å². The van der Waals surface area contributed by atoms with Crippen LogP contribution in [0.1, 0.15) is 0 Å². The molecule has 2 aromatic heterocycles. The summed E-state index contributed by atoms with van der Waals surface area (Å²) in [4.78, 5) is 0. The Morgan fingerprint density at radius 1 is 0.342 bits per heavy atom. The number of hydrogen-bond acceptors (Lipinski definition) is 0. The number of fused-ring (bicyclic) bond motifs is 6. The molecule has 0 aliphatic heterocycles. The van der Waals surface area contributed by atoms with E-state index in [1.54, 1.807) is 0 Å². The Hall–Kier alpha value is -5.08. The van der Waals surface area contributed by atoms with E-state index in [-0.39, 0.29) is 0 Å². The Morgan fingerprint density at radius 3 is 1.26 bits per heavy atom. The zero-order valence-electron chi connectivity index (χ0n) is 20.8. The molecule has 0 fully saturated rings. The van der Waals surface area contributed by atoms with Crippen LogP contribution in [0.5, 0.6) is 0 Å². The molecule has 0 N–H and O–H groups in total. The summed E-state index contributed by atoms with van der Waals surface area (Å²) in [5.74, 6) is 0. The molecule has 2 heterocycles. The fourth-order valence-electron chi connectivity index (χ4n) is 6.09. The van der Waals surface area contributed by atoms with Crippen molar-refractivity contribution in [1.82, 2.24) is 9.13 Å². The van der Waals surface area contributed by atoms with Gasteiger partial charge in [-0.3, -0.25) is 0 Å². The van der Waals surface area contributed by atoms with Gasteiger partial charge in [0.05, 0.1) is 27.8 Å². The van der Waals surface area contributed by atoms with Crippen LogP contribution in [-0.4, -0.2) is 9.13 Å². The van der Waals surface area contributed by atoms with Crippen molar-refractivity contribution in [3.8, 4) is 22.5 Å². The molecule has 0 radical (unpaired) electrons. The molecule has 2 heteroatoms. The highest BCUT2D eigenvalue weighted by Gasteiger charge is 2.18. The molecule has 0 amide bonds. The van der Waals surface area contributed by atoms with Crippen LogP contribution < -0.4 is 0 Å². The summed E-state index contributed by atoms with van der Waals surface area (Å²) in [7, 11) is 0. The first-order valence-corrected chi connectivity index (χ1v) is 13.0. The Bertz CT molecular complexity index is 2020. The quantitative estimate of drug-likeness (QED) is 0.236. The maximum absolute atomic E-state index is 2.42. The van der Waals surface area contributed by atoms with Crippen molar-refractivity contribution in [2.24, 2.45) is 0 Å². The number of rotatable bonds is 3. The zero-order valence-corrected chi connectivity index (χ0v) is 20.8. The van der Waals surface area contributed by atoms with Gasteiger partial charge in [0.1, 0.15) is 0 Å². The van der Waals surface area contributed by atoms with E-state index in [1.807, 2.05) is 0 Å². The van der Waals surface area contributed by atoms with Crippen LogP contribution in [0, 0.1) is 0 Å². The second-order valence-corrected chi connectivity index (χ2v) is 9.81. The standard InChI is InChI=1S/C36H24N2/c1-2-12-25(13-3-1)31-24-26(37-32-18-8-4-14-27(32)28-15-5-9-19-33(28)37)22-23-36(31)38-34-20-10-6-16-29(34)30-17-7-11-21-35(30)38/h1-24H. The van der Waals surface area contributed by atoms with Crippen LogP contribution in [0.2, 0.25) is 0 Å². The largest absolute Gasteiger partial charge is 0.309 e. The Kier molecular flexibility index (Phi) is 4.55. The Balaban J connectivity index is 1.48. The third kappa shape index (κ3) is 3.01. The summed E-state index contributed by atoms with van der Waals surface area (Å²) in [6, 6.07) is 52.5. The number of benzene rings is 6. The second kappa shape index (κ2) is 8.22. The van der Waals surface area contributed by atoms with Crippen molar-refractivity contribution in [3.05, 3.63) is 146 Å². The first-order chi connectivity index (χ1) is 18.9. The summed E-state index contributed by atoms with van der Waals surface area (Å²) < 4.78 is 4.81. The van der Waals surface area contributed by atoms with Crippen LogP contribution in [0.25, 0.3) is 66.1 Å². The molecule has 0 unspecified atom stereocenters. The van der Waals surface area contributed by atoms with Crippen LogP contribution in [-0.2, 0) is 0 Å². The summed E-state index contributed by atoms with van der Waals surface area (Å²) in [5, 5.41) is 5.09. The number of aromatic nitrogens is 2. The number of nitrogens with zero attached hydrogens (tertiary/aromatic N) is 2. The van der Waals surface area contributed by atoms with Gasteiger partial charge in [0.15, 0.2) is 0 Å². The molecule has 0 aliphatic carbocycles. The van der Waals surface area contributed by atoms with Crippen molar-refractivity contribution < 1.29 is 0 Å². The van der Waals surface area contributed by atoms with Gasteiger partial charge in [0.2, 0.25) is 0 Å².